The van der Waals surface area contributed by atoms with Gasteiger partial charge in [-0.1, -0.05) is 66.2 Å². The minimum atomic E-state index is -0.344. The number of nitrogens with zero attached hydrogens (tertiary/aromatic N) is 4. The first-order chi connectivity index (χ1) is 23.6. The molecule has 6 rings (SSSR count). The summed E-state index contributed by atoms with van der Waals surface area (Å²) in [5, 5.41) is 3.11. The topological polar surface area (TPSA) is 93.3 Å². The molecule has 1 saturated heterocycles. The van der Waals surface area contributed by atoms with Gasteiger partial charge in [0.25, 0.3) is 11.8 Å². The summed E-state index contributed by atoms with van der Waals surface area (Å²) in [6, 6.07) is 27.6. The van der Waals surface area contributed by atoms with E-state index < -0.39 is 0 Å². The monoisotopic (exact) mass is 677 g/mol. The number of carbonyl (C=O) groups is 4. The van der Waals surface area contributed by atoms with Crippen molar-refractivity contribution >= 4 is 52.3 Å². The van der Waals surface area contributed by atoms with E-state index >= 15 is 0 Å². The number of hydrogen-bond donors (Lipinski definition) is 1. The van der Waals surface area contributed by atoms with E-state index in [1.807, 2.05) is 54.3 Å². The Balaban J connectivity index is 1.19. The molecule has 0 bridgehead atoms. The quantitative estimate of drug-likeness (QED) is 0.241. The molecule has 0 spiro atoms. The average Bonchev–Trinajstić information content (AvgIpc) is 3.25. The third-order valence-electron chi connectivity index (χ3n) is 9.47. The second-order valence-corrected chi connectivity index (χ2v) is 13.2. The lowest BCUT2D eigenvalue weighted by atomic mass is 9.95. The van der Waals surface area contributed by atoms with Crippen LogP contribution < -0.4 is 15.1 Å². The summed E-state index contributed by atoms with van der Waals surface area (Å²) in [7, 11) is 4.10. The fraction of sp³-hybridized carbons (Fsp3) is 0.282. The Hall–Kier alpha value is -4.99. The molecule has 0 radical (unpaired) electrons. The molecule has 0 atom stereocenters. The molecule has 1 fully saturated rings. The SMILES string of the molecule is Cc1ccccc1-c1ccccc1C(=O)Nc1ccc(C(=O)N2CCC(=O)N(CC(=O)N3CCC(N(C)C)CC3)c3ccccc32)cc1Cl. The molecule has 4 aromatic rings. The van der Waals surface area contributed by atoms with Crippen LogP contribution in [0.4, 0.5) is 17.1 Å². The van der Waals surface area contributed by atoms with Crippen LogP contribution in [-0.4, -0.2) is 79.7 Å². The normalized spacial score (nSPS) is 15.2. The molecule has 2 aliphatic heterocycles. The maximum absolute atomic E-state index is 14.0. The minimum absolute atomic E-state index is 0.0541. The van der Waals surface area contributed by atoms with E-state index in [1.54, 1.807) is 47.4 Å². The van der Waals surface area contributed by atoms with E-state index in [2.05, 4.69) is 24.3 Å². The maximum Gasteiger partial charge on any atom is 0.258 e. The number of halogens is 1. The van der Waals surface area contributed by atoms with Crippen LogP contribution in [0, 0.1) is 6.92 Å². The van der Waals surface area contributed by atoms with Crippen molar-refractivity contribution in [2.75, 3.05) is 55.4 Å². The van der Waals surface area contributed by atoms with E-state index in [1.165, 1.54) is 11.0 Å². The third-order valence-corrected chi connectivity index (χ3v) is 9.78. The van der Waals surface area contributed by atoms with Gasteiger partial charge < -0.3 is 24.9 Å². The zero-order chi connectivity index (χ0) is 34.7. The highest BCUT2D eigenvalue weighted by molar-refractivity contribution is 6.34. The van der Waals surface area contributed by atoms with E-state index in [0.717, 1.165) is 29.5 Å². The molecule has 4 aromatic carbocycles. The van der Waals surface area contributed by atoms with Crippen molar-refractivity contribution in [1.82, 2.24) is 9.80 Å². The molecule has 0 unspecified atom stereocenters. The summed E-state index contributed by atoms with van der Waals surface area (Å²) < 4.78 is 0. The number of piperidine rings is 1. The number of benzene rings is 4. The highest BCUT2D eigenvalue weighted by Crippen LogP contribution is 2.35. The van der Waals surface area contributed by atoms with Gasteiger partial charge in [0.2, 0.25) is 11.8 Å². The van der Waals surface area contributed by atoms with Crippen molar-refractivity contribution in [2.45, 2.75) is 32.2 Å². The van der Waals surface area contributed by atoms with E-state index in [9.17, 15) is 19.2 Å². The minimum Gasteiger partial charge on any atom is -0.341 e. The van der Waals surface area contributed by atoms with Crippen molar-refractivity contribution in [2.24, 2.45) is 0 Å². The van der Waals surface area contributed by atoms with Gasteiger partial charge in [0.15, 0.2) is 0 Å². The second-order valence-electron chi connectivity index (χ2n) is 12.8. The maximum atomic E-state index is 14.0. The number of hydrogen-bond acceptors (Lipinski definition) is 5. The smallest absolute Gasteiger partial charge is 0.258 e. The first-order valence-corrected chi connectivity index (χ1v) is 16.9. The number of amides is 4. The number of aryl methyl sites for hydroxylation is 1. The largest absolute Gasteiger partial charge is 0.341 e. The van der Waals surface area contributed by atoms with Gasteiger partial charge in [-0.15, -0.1) is 0 Å². The lowest BCUT2D eigenvalue weighted by Gasteiger charge is -2.36. The molecular formula is C39H40ClN5O4. The van der Waals surface area contributed by atoms with Crippen LogP contribution in [0.3, 0.4) is 0 Å². The van der Waals surface area contributed by atoms with Crippen LogP contribution in [0.2, 0.25) is 5.02 Å². The van der Waals surface area contributed by atoms with Gasteiger partial charge in [-0.25, -0.2) is 0 Å². The summed E-state index contributed by atoms with van der Waals surface area (Å²) in [6.07, 6.45) is 1.83. The van der Waals surface area contributed by atoms with Gasteiger partial charge in [-0.2, -0.15) is 0 Å². The molecule has 10 heteroatoms. The van der Waals surface area contributed by atoms with Crippen LogP contribution >= 0.6 is 11.6 Å². The Morgan fingerprint density at radius 1 is 0.837 bits per heavy atom. The first kappa shape index (κ1) is 33.9. The third kappa shape index (κ3) is 7.23. The van der Waals surface area contributed by atoms with Crippen LogP contribution in [-0.2, 0) is 9.59 Å². The molecule has 4 amide bonds. The van der Waals surface area contributed by atoms with Gasteiger partial charge in [-0.3, -0.25) is 19.2 Å². The summed E-state index contributed by atoms with van der Waals surface area (Å²) in [4.78, 5) is 61.4. The zero-order valence-corrected chi connectivity index (χ0v) is 28.7. The summed E-state index contributed by atoms with van der Waals surface area (Å²) in [5.41, 5.74) is 5.04. The Morgan fingerprint density at radius 3 is 2.18 bits per heavy atom. The van der Waals surface area contributed by atoms with Gasteiger partial charge in [0.1, 0.15) is 6.54 Å². The number of carbonyl (C=O) groups excluding carboxylic acids is 4. The Bertz CT molecular complexity index is 1900. The number of nitrogens with one attached hydrogen (secondary N) is 1. The van der Waals surface area contributed by atoms with Crippen molar-refractivity contribution in [3.8, 4) is 11.1 Å². The van der Waals surface area contributed by atoms with Crippen molar-refractivity contribution in [3.05, 3.63) is 113 Å². The molecule has 0 aromatic heterocycles. The van der Waals surface area contributed by atoms with E-state index in [-0.39, 0.29) is 48.2 Å². The van der Waals surface area contributed by atoms with Gasteiger partial charge in [0, 0.05) is 43.2 Å². The Labute approximate surface area is 292 Å². The van der Waals surface area contributed by atoms with E-state index in [0.29, 0.717) is 47.3 Å². The second kappa shape index (κ2) is 14.6. The molecule has 9 nitrogen and oxygen atoms in total. The highest BCUT2D eigenvalue weighted by atomic mass is 35.5. The Kier molecular flexibility index (Phi) is 10.1. The number of anilines is 3. The van der Waals surface area contributed by atoms with Crippen LogP contribution in [0.25, 0.3) is 11.1 Å². The van der Waals surface area contributed by atoms with Crippen molar-refractivity contribution in [1.29, 1.82) is 0 Å². The number of likely N-dealkylation sites (tertiary alicyclic amines) is 1. The van der Waals surface area contributed by atoms with Gasteiger partial charge in [0.05, 0.1) is 22.1 Å². The zero-order valence-electron chi connectivity index (χ0n) is 28.0. The summed E-state index contributed by atoms with van der Waals surface area (Å²) in [6.45, 7) is 3.35. The predicted octanol–water partition coefficient (Wildman–Crippen LogP) is 6.50. The summed E-state index contributed by atoms with van der Waals surface area (Å²) >= 11 is 6.67. The molecule has 49 heavy (non-hydrogen) atoms. The number of para-hydroxylation sites is 2. The highest BCUT2D eigenvalue weighted by Gasteiger charge is 2.33. The van der Waals surface area contributed by atoms with Gasteiger partial charge in [-0.05, 0) is 86.9 Å². The molecule has 0 aliphatic carbocycles. The summed E-state index contributed by atoms with van der Waals surface area (Å²) in [5.74, 6) is -0.993. The number of fused-ring (bicyclic) bond motifs is 1. The molecule has 0 saturated carbocycles. The molecule has 2 heterocycles. The van der Waals surface area contributed by atoms with Crippen molar-refractivity contribution in [3.63, 3.8) is 0 Å². The predicted molar refractivity (Wildman–Crippen MR) is 194 cm³/mol. The molecule has 252 valence electrons. The van der Waals surface area contributed by atoms with Crippen LogP contribution in [0.15, 0.2) is 91.0 Å². The average molecular weight is 678 g/mol. The molecular weight excluding hydrogens is 638 g/mol. The fourth-order valence-electron chi connectivity index (χ4n) is 6.66. The lowest BCUT2D eigenvalue weighted by Crippen LogP contribution is -2.48. The van der Waals surface area contributed by atoms with Crippen LogP contribution in [0.5, 0.6) is 0 Å². The standard InChI is InChI=1S/C39H40ClN5O4/c1-26-10-4-5-11-29(26)30-12-6-7-13-31(30)38(48)41-33-17-16-27(24-32(33)40)39(49)44-23-20-36(46)45(35-15-9-8-14-34(35)44)25-37(47)43-21-18-28(19-22-43)42(2)3/h4-17,24,28H,18-23,25H2,1-3H3,(H,41,48). The molecule has 2 aliphatic rings. The van der Waals surface area contributed by atoms with E-state index in [4.69, 9.17) is 11.6 Å². The Morgan fingerprint density at radius 2 is 1.49 bits per heavy atom. The number of rotatable bonds is 7. The van der Waals surface area contributed by atoms with Crippen molar-refractivity contribution < 1.29 is 19.2 Å². The molecule has 1 N–H and O–H groups in total. The first-order valence-electron chi connectivity index (χ1n) is 16.5. The lowest BCUT2D eigenvalue weighted by molar-refractivity contribution is -0.132. The van der Waals surface area contributed by atoms with Gasteiger partial charge >= 0.3 is 0 Å². The van der Waals surface area contributed by atoms with Crippen LogP contribution in [0.1, 0.15) is 45.5 Å². The fourth-order valence-corrected chi connectivity index (χ4v) is 6.88.